The minimum Gasteiger partial charge on any atom is -0.422 e. The number of hydrogen-bond donors (Lipinski definition) is 0. The van der Waals surface area contributed by atoms with Crippen LogP contribution in [0.1, 0.15) is 7.06 Å². The molecule has 0 unspecified atom stereocenters. The summed E-state index contributed by atoms with van der Waals surface area (Å²) in [6.07, 6.45) is -0.196. The van der Waals surface area contributed by atoms with Crippen molar-refractivity contribution in [3.8, 4) is 11.6 Å². The molecule has 0 atom stereocenters. The summed E-state index contributed by atoms with van der Waals surface area (Å²) in [5, 5.41) is 11.2. The lowest BCUT2D eigenvalue weighted by Crippen LogP contribution is -1.92. The Bertz CT molecular complexity index is 414. The molecule has 2 aromatic heterocycles. The molecule has 2 aromatic rings. The molecule has 5 heteroatoms. The van der Waals surface area contributed by atoms with Crippen LogP contribution in [-0.4, -0.2) is 20.0 Å². The van der Waals surface area contributed by atoms with Crippen LogP contribution in [0.5, 0.6) is 0 Å². The van der Waals surface area contributed by atoms with Crippen LogP contribution in [-0.2, 0) is 7.05 Å². The van der Waals surface area contributed by atoms with E-state index in [0.29, 0.717) is 5.69 Å². The van der Waals surface area contributed by atoms with Crippen molar-refractivity contribution in [1.29, 1.82) is 0 Å². The first-order valence-corrected chi connectivity index (χ1v) is 3.48. The van der Waals surface area contributed by atoms with Crippen molar-refractivity contribution in [2.75, 3.05) is 0 Å². The van der Waals surface area contributed by atoms with Gasteiger partial charge in [-0.25, -0.2) is 0 Å². The van der Waals surface area contributed by atoms with Gasteiger partial charge in [-0.1, -0.05) is 0 Å². The van der Waals surface area contributed by atoms with Crippen molar-refractivity contribution in [1.82, 2.24) is 20.0 Å². The summed E-state index contributed by atoms with van der Waals surface area (Å²) >= 11 is 0. The van der Waals surface area contributed by atoms with E-state index in [2.05, 4.69) is 15.3 Å². The van der Waals surface area contributed by atoms with Gasteiger partial charge in [0.2, 0.25) is 6.37 Å². The molecule has 0 aliphatic heterocycles. The fourth-order valence-corrected chi connectivity index (χ4v) is 0.919. The molecule has 2 heterocycles. The Kier molecular flexibility index (Phi) is 1.21. The van der Waals surface area contributed by atoms with E-state index in [9.17, 15) is 0 Å². The van der Waals surface area contributed by atoms with Crippen LogP contribution >= 0.6 is 0 Å². The highest BCUT2D eigenvalue weighted by Gasteiger charge is 2.07. The number of rotatable bonds is 1. The van der Waals surface area contributed by atoms with E-state index in [1.165, 1.54) is 0 Å². The van der Waals surface area contributed by atoms with Gasteiger partial charge in [0.25, 0.3) is 5.89 Å². The normalized spacial score (nSPS) is 11.7. The molecule has 0 saturated carbocycles. The average molecular weight is 165 g/mol. The quantitative estimate of drug-likeness (QED) is 0.626. The average Bonchev–Trinajstić information content (AvgIpc) is 2.61. The molecule has 0 spiro atoms. The molecular formula is C7H8N4O. The van der Waals surface area contributed by atoms with Crippen LogP contribution < -0.4 is 0 Å². The van der Waals surface area contributed by atoms with Gasteiger partial charge in [0, 0.05) is 12.7 Å². The maximum Gasteiger partial charge on any atom is 0.267 e. The van der Waals surface area contributed by atoms with E-state index in [-0.39, 0.29) is 12.3 Å². The van der Waals surface area contributed by atoms with Gasteiger partial charge in [-0.05, 0) is 13.0 Å². The van der Waals surface area contributed by atoms with Gasteiger partial charge in [0.1, 0.15) is 7.06 Å². The molecular weight excluding hydrogens is 156 g/mol. The van der Waals surface area contributed by atoms with E-state index in [1.807, 2.05) is 20.0 Å². The Hall–Kier alpha value is -1.65. The van der Waals surface area contributed by atoms with Crippen LogP contribution in [0.15, 0.2) is 16.9 Å². The lowest BCUT2D eigenvalue weighted by molar-refractivity contribution is 0.564. The second-order valence-electron chi connectivity index (χ2n) is 2.49. The Morgan fingerprint density at radius 1 is 1.67 bits per heavy atom. The topological polar surface area (TPSA) is 56.7 Å². The summed E-state index contributed by atoms with van der Waals surface area (Å²) < 4.78 is 13.7. The molecule has 0 N–H and O–H groups in total. The molecule has 0 saturated heterocycles. The Labute approximate surface area is 70.4 Å². The van der Waals surface area contributed by atoms with Crippen LogP contribution in [0.3, 0.4) is 0 Å². The van der Waals surface area contributed by atoms with Crippen LogP contribution in [0.2, 0.25) is 0 Å². The van der Waals surface area contributed by atoms with Crippen LogP contribution in [0, 0.1) is 6.92 Å². The van der Waals surface area contributed by atoms with E-state index in [0.717, 1.165) is 5.69 Å². The summed E-state index contributed by atoms with van der Waals surface area (Å²) in [6.45, 7) is 1.93. The summed E-state index contributed by atoms with van der Waals surface area (Å²) in [4.78, 5) is 0. The summed E-state index contributed by atoms with van der Waals surface area (Å²) in [6, 6.07) is 1.83. The molecule has 62 valence electrons. The van der Waals surface area contributed by atoms with Gasteiger partial charge in [-0.15, -0.1) is 10.2 Å². The number of nitrogens with zero attached hydrogens (tertiary/aromatic N) is 4. The second kappa shape index (κ2) is 2.44. The number of aromatic nitrogens is 4. The third-order valence-electron chi connectivity index (χ3n) is 1.66. The Morgan fingerprint density at radius 2 is 2.50 bits per heavy atom. The minimum atomic E-state index is -0.196. The van der Waals surface area contributed by atoms with Gasteiger partial charge in [-0.3, -0.25) is 4.68 Å². The van der Waals surface area contributed by atoms with E-state index >= 15 is 0 Å². The first-order valence-electron chi connectivity index (χ1n) is 3.98. The molecule has 0 aliphatic rings. The molecule has 0 bridgehead atoms. The molecule has 0 amide bonds. The molecule has 2 rings (SSSR count). The largest absolute Gasteiger partial charge is 0.422 e. The van der Waals surface area contributed by atoms with Gasteiger partial charge in [0.05, 0.1) is 0 Å². The van der Waals surface area contributed by atoms with Crippen LogP contribution in [0.25, 0.3) is 11.6 Å². The zero-order valence-corrected chi connectivity index (χ0v) is 6.77. The number of aryl methyl sites for hydroxylation is 2. The smallest absolute Gasteiger partial charge is 0.267 e. The standard InChI is InChI=1S/C7H8N4O/c1-5-3-6(10-11(5)2)7-9-8-4-12-7/h3-4H,1-2H3/i4D. The highest BCUT2D eigenvalue weighted by Crippen LogP contribution is 2.14. The second-order valence-corrected chi connectivity index (χ2v) is 2.49. The maximum atomic E-state index is 7.05. The SMILES string of the molecule is [2H]c1nnc(-c2cc(C)n(C)n2)o1. The zero-order chi connectivity index (χ0) is 9.42. The molecule has 0 fully saturated rings. The predicted molar refractivity (Wildman–Crippen MR) is 41.2 cm³/mol. The summed E-state index contributed by atoms with van der Waals surface area (Å²) in [7, 11) is 1.83. The van der Waals surface area contributed by atoms with Gasteiger partial charge in [-0.2, -0.15) is 5.10 Å². The summed E-state index contributed by atoms with van der Waals surface area (Å²) in [5.41, 5.74) is 1.60. The lowest BCUT2D eigenvalue weighted by atomic mass is 10.4. The van der Waals surface area contributed by atoms with Crippen molar-refractivity contribution in [3.05, 3.63) is 18.1 Å². The van der Waals surface area contributed by atoms with E-state index < -0.39 is 0 Å². The van der Waals surface area contributed by atoms with Gasteiger partial charge < -0.3 is 4.42 Å². The van der Waals surface area contributed by atoms with Crippen molar-refractivity contribution in [2.24, 2.45) is 7.05 Å². The number of hydrogen-bond acceptors (Lipinski definition) is 4. The van der Waals surface area contributed by atoms with Gasteiger partial charge in [0.15, 0.2) is 0 Å². The summed E-state index contributed by atoms with van der Waals surface area (Å²) in [5.74, 6) is 0.286. The molecule has 0 aromatic carbocycles. The third-order valence-corrected chi connectivity index (χ3v) is 1.66. The lowest BCUT2D eigenvalue weighted by Gasteiger charge is -1.88. The Balaban J connectivity index is 2.46. The zero-order valence-electron chi connectivity index (χ0n) is 7.77. The predicted octanol–water partition coefficient (Wildman–Crippen LogP) is 0.779. The first-order chi connectivity index (χ1) is 6.16. The first kappa shape index (κ1) is 5.93. The molecule has 5 nitrogen and oxygen atoms in total. The minimum absolute atomic E-state index is 0.196. The van der Waals surface area contributed by atoms with Crippen molar-refractivity contribution < 1.29 is 5.79 Å². The van der Waals surface area contributed by atoms with E-state index in [4.69, 9.17) is 5.79 Å². The van der Waals surface area contributed by atoms with Gasteiger partial charge >= 0.3 is 0 Å². The molecule has 0 aliphatic carbocycles. The highest BCUT2D eigenvalue weighted by molar-refractivity contribution is 5.45. The molecule has 0 radical (unpaired) electrons. The monoisotopic (exact) mass is 165 g/mol. The van der Waals surface area contributed by atoms with Crippen molar-refractivity contribution in [2.45, 2.75) is 6.92 Å². The third kappa shape index (κ3) is 0.990. The molecule has 12 heavy (non-hydrogen) atoms. The van der Waals surface area contributed by atoms with Crippen molar-refractivity contribution in [3.63, 3.8) is 0 Å². The van der Waals surface area contributed by atoms with Crippen molar-refractivity contribution >= 4 is 0 Å². The fourth-order valence-electron chi connectivity index (χ4n) is 0.919. The van der Waals surface area contributed by atoms with Crippen LogP contribution in [0.4, 0.5) is 0 Å². The fraction of sp³-hybridized carbons (Fsp3) is 0.286. The van der Waals surface area contributed by atoms with E-state index in [1.54, 1.807) is 4.68 Å². The maximum absolute atomic E-state index is 7.05. The Morgan fingerprint density at radius 3 is 3.00 bits per heavy atom. The highest BCUT2D eigenvalue weighted by atomic mass is 16.4.